The van der Waals surface area contributed by atoms with E-state index in [1.807, 2.05) is 18.2 Å². The van der Waals surface area contributed by atoms with Crippen LogP contribution in [0.3, 0.4) is 0 Å². The molecule has 0 spiro atoms. The number of benzene rings is 1. The average Bonchev–Trinajstić information content (AvgIpc) is 2.25. The highest BCUT2D eigenvalue weighted by Crippen LogP contribution is 2.22. The van der Waals surface area contributed by atoms with Crippen molar-refractivity contribution in [3.05, 3.63) is 26.2 Å². The lowest BCUT2D eigenvalue weighted by atomic mass is 10.3. The van der Waals surface area contributed by atoms with Crippen molar-refractivity contribution in [2.75, 3.05) is 19.0 Å². The van der Waals surface area contributed by atoms with Crippen LogP contribution in [0.25, 0.3) is 0 Å². The molecule has 1 rings (SSSR count). The van der Waals surface area contributed by atoms with Gasteiger partial charge in [-0.05, 0) is 56.7 Å². The summed E-state index contributed by atoms with van der Waals surface area (Å²) in [6.45, 7) is 0.163. The van der Waals surface area contributed by atoms with Crippen molar-refractivity contribution in [3.8, 4) is 0 Å². The van der Waals surface area contributed by atoms with Gasteiger partial charge >= 0.3 is 0 Å². The minimum Gasteiger partial charge on any atom is -0.370 e. The maximum atomic E-state index is 11.6. The molecule has 6 heteroatoms. The zero-order valence-corrected chi connectivity index (χ0v) is 12.4. The SMILES string of the molecule is COC(CN)C(=O)Nc1ccc(Br)c(I)c1. The summed E-state index contributed by atoms with van der Waals surface area (Å²) in [5.41, 5.74) is 6.13. The van der Waals surface area contributed by atoms with Crippen LogP contribution in [-0.4, -0.2) is 25.7 Å². The number of rotatable bonds is 4. The molecule has 1 aromatic carbocycles. The molecule has 0 fully saturated rings. The molecule has 1 amide bonds. The van der Waals surface area contributed by atoms with Crippen LogP contribution in [0.15, 0.2) is 22.7 Å². The molecule has 0 bridgehead atoms. The number of hydrogen-bond donors (Lipinski definition) is 2. The van der Waals surface area contributed by atoms with Gasteiger partial charge in [-0.1, -0.05) is 0 Å². The summed E-state index contributed by atoms with van der Waals surface area (Å²) in [7, 11) is 1.46. The van der Waals surface area contributed by atoms with E-state index in [-0.39, 0.29) is 12.5 Å². The standard InChI is InChI=1S/C10H12BrIN2O2/c1-16-9(5-13)10(15)14-6-2-3-7(11)8(12)4-6/h2-4,9H,5,13H2,1H3,(H,14,15). The van der Waals surface area contributed by atoms with E-state index in [1.165, 1.54) is 7.11 Å². The van der Waals surface area contributed by atoms with E-state index >= 15 is 0 Å². The molecule has 0 aliphatic heterocycles. The smallest absolute Gasteiger partial charge is 0.254 e. The maximum absolute atomic E-state index is 11.6. The van der Waals surface area contributed by atoms with Crippen molar-refractivity contribution in [2.45, 2.75) is 6.10 Å². The Morgan fingerprint density at radius 2 is 2.38 bits per heavy atom. The number of amides is 1. The Hall–Kier alpha value is -0.180. The molecule has 1 unspecified atom stereocenters. The van der Waals surface area contributed by atoms with Crippen LogP contribution < -0.4 is 11.1 Å². The third kappa shape index (κ3) is 3.69. The molecule has 16 heavy (non-hydrogen) atoms. The van der Waals surface area contributed by atoms with E-state index in [1.54, 1.807) is 0 Å². The Kier molecular flexibility index (Phi) is 5.67. The van der Waals surface area contributed by atoms with Gasteiger partial charge in [-0.3, -0.25) is 4.79 Å². The molecule has 1 aromatic rings. The Bertz CT molecular complexity index is 383. The van der Waals surface area contributed by atoms with Gasteiger partial charge in [-0.25, -0.2) is 0 Å². The van der Waals surface area contributed by atoms with Gasteiger partial charge in [0.1, 0.15) is 6.10 Å². The average molecular weight is 399 g/mol. The number of nitrogens with one attached hydrogen (secondary N) is 1. The lowest BCUT2D eigenvalue weighted by molar-refractivity contribution is -0.125. The fraction of sp³-hybridized carbons (Fsp3) is 0.300. The molecule has 1 atom stereocenters. The summed E-state index contributed by atoms with van der Waals surface area (Å²) in [4.78, 5) is 11.6. The predicted octanol–water partition coefficient (Wildman–Crippen LogP) is 1.97. The summed E-state index contributed by atoms with van der Waals surface area (Å²) in [5.74, 6) is -0.233. The van der Waals surface area contributed by atoms with E-state index in [2.05, 4.69) is 43.8 Å². The highest BCUT2D eigenvalue weighted by Gasteiger charge is 2.15. The zero-order valence-electron chi connectivity index (χ0n) is 8.67. The van der Waals surface area contributed by atoms with Crippen LogP contribution in [0.2, 0.25) is 0 Å². The first-order valence-electron chi connectivity index (χ1n) is 4.57. The minimum atomic E-state index is -0.610. The maximum Gasteiger partial charge on any atom is 0.254 e. The van der Waals surface area contributed by atoms with Gasteiger partial charge in [0, 0.05) is 27.4 Å². The number of hydrogen-bond acceptors (Lipinski definition) is 3. The number of carbonyl (C=O) groups is 1. The van der Waals surface area contributed by atoms with E-state index in [9.17, 15) is 4.79 Å². The first kappa shape index (κ1) is 13.9. The van der Waals surface area contributed by atoms with Gasteiger partial charge in [-0.15, -0.1) is 0 Å². The Balaban J connectivity index is 2.73. The van der Waals surface area contributed by atoms with Crippen molar-refractivity contribution in [3.63, 3.8) is 0 Å². The predicted molar refractivity (Wildman–Crippen MR) is 75.3 cm³/mol. The van der Waals surface area contributed by atoms with Gasteiger partial charge < -0.3 is 15.8 Å². The largest absolute Gasteiger partial charge is 0.370 e. The number of nitrogens with two attached hydrogens (primary N) is 1. The van der Waals surface area contributed by atoms with E-state index in [0.29, 0.717) is 0 Å². The fourth-order valence-electron chi connectivity index (χ4n) is 1.11. The number of halogens is 2. The topological polar surface area (TPSA) is 64.3 Å². The van der Waals surface area contributed by atoms with Crippen molar-refractivity contribution < 1.29 is 9.53 Å². The second kappa shape index (κ2) is 6.53. The monoisotopic (exact) mass is 398 g/mol. The molecule has 4 nitrogen and oxygen atoms in total. The van der Waals surface area contributed by atoms with Gasteiger partial charge in [0.2, 0.25) is 0 Å². The van der Waals surface area contributed by atoms with Crippen LogP contribution in [0, 0.1) is 3.57 Å². The molecular formula is C10H12BrIN2O2. The molecule has 88 valence electrons. The molecule has 0 aliphatic carbocycles. The second-order valence-corrected chi connectivity index (χ2v) is 5.09. The van der Waals surface area contributed by atoms with Crippen molar-refractivity contribution in [1.82, 2.24) is 0 Å². The number of methoxy groups -OCH3 is 1. The van der Waals surface area contributed by atoms with Crippen molar-refractivity contribution in [1.29, 1.82) is 0 Å². The minimum absolute atomic E-state index is 0.163. The van der Waals surface area contributed by atoms with E-state index in [4.69, 9.17) is 10.5 Å². The second-order valence-electron chi connectivity index (χ2n) is 3.08. The third-order valence-corrected chi connectivity index (χ3v) is 4.30. The highest BCUT2D eigenvalue weighted by molar-refractivity contribution is 14.1. The van der Waals surface area contributed by atoms with Gasteiger partial charge in [0.25, 0.3) is 5.91 Å². The molecule has 3 N–H and O–H groups in total. The fourth-order valence-corrected chi connectivity index (χ4v) is 1.87. The summed E-state index contributed by atoms with van der Waals surface area (Å²) in [5, 5.41) is 2.74. The first-order valence-corrected chi connectivity index (χ1v) is 6.44. The first-order chi connectivity index (χ1) is 7.58. The number of carbonyl (C=O) groups excluding carboxylic acids is 1. The third-order valence-electron chi connectivity index (χ3n) is 1.98. The van der Waals surface area contributed by atoms with Crippen LogP contribution in [0.1, 0.15) is 0 Å². The van der Waals surface area contributed by atoms with Gasteiger partial charge in [0.15, 0.2) is 0 Å². The van der Waals surface area contributed by atoms with Crippen molar-refractivity contribution >= 4 is 50.1 Å². The van der Waals surface area contributed by atoms with Crippen LogP contribution in [0.5, 0.6) is 0 Å². The van der Waals surface area contributed by atoms with Gasteiger partial charge in [-0.2, -0.15) is 0 Å². The van der Waals surface area contributed by atoms with E-state index in [0.717, 1.165) is 13.7 Å². The number of ether oxygens (including phenoxy) is 1. The molecule has 0 heterocycles. The molecule has 0 aromatic heterocycles. The Morgan fingerprint density at radius 3 is 2.88 bits per heavy atom. The van der Waals surface area contributed by atoms with Gasteiger partial charge in [0.05, 0.1) is 0 Å². The van der Waals surface area contributed by atoms with Crippen molar-refractivity contribution in [2.24, 2.45) is 5.73 Å². The lowest BCUT2D eigenvalue weighted by Crippen LogP contribution is -2.35. The molecule has 0 aliphatic rings. The lowest BCUT2D eigenvalue weighted by Gasteiger charge is -2.13. The Morgan fingerprint density at radius 1 is 1.69 bits per heavy atom. The molecule has 0 radical (unpaired) electrons. The summed E-state index contributed by atoms with van der Waals surface area (Å²) < 4.78 is 6.96. The summed E-state index contributed by atoms with van der Waals surface area (Å²) in [6.07, 6.45) is -0.610. The van der Waals surface area contributed by atoms with Crippen LogP contribution in [-0.2, 0) is 9.53 Å². The molecule has 0 saturated carbocycles. The Labute approximate surface area is 116 Å². The molecular weight excluding hydrogens is 387 g/mol. The summed E-state index contributed by atoms with van der Waals surface area (Å²) in [6, 6.07) is 5.56. The van der Waals surface area contributed by atoms with Crippen LogP contribution in [0.4, 0.5) is 5.69 Å². The normalized spacial score (nSPS) is 12.2. The number of anilines is 1. The zero-order chi connectivity index (χ0) is 12.1. The molecule has 0 saturated heterocycles. The van der Waals surface area contributed by atoms with Crippen LogP contribution >= 0.6 is 38.5 Å². The van der Waals surface area contributed by atoms with E-state index < -0.39 is 6.10 Å². The highest BCUT2D eigenvalue weighted by atomic mass is 127. The quantitative estimate of drug-likeness (QED) is 0.762. The summed E-state index contributed by atoms with van der Waals surface area (Å²) >= 11 is 5.57.